The largest absolute Gasteiger partial charge is 0.382 e. The highest BCUT2D eigenvalue weighted by Gasteiger charge is 2.24. The second-order valence-electron chi connectivity index (χ2n) is 7.14. The van der Waals surface area contributed by atoms with Gasteiger partial charge >= 0.3 is 0 Å². The van der Waals surface area contributed by atoms with E-state index in [1.807, 2.05) is 24.5 Å². The average molecular weight is 400 g/mol. The summed E-state index contributed by atoms with van der Waals surface area (Å²) < 4.78 is 10.9. The van der Waals surface area contributed by atoms with E-state index >= 15 is 0 Å². The molecule has 6 nitrogen and oxygen atoms in total. The molecule has 0 saturated heterocycles. The van der Waals surface area contributed by atoms with Gasteiger partial charge in [-0.3, -0.25) is 9.78 Å². The Bertz CT molecular complexity index is 914. The Morgan fingerprint density at radius 1 is 1.29 bits per heavy atom. The summed E-state index contributed by atoms with van der Waals surface area (Å²) in [6.45, 7) is 1.26. The Morgan fingerprint density at radius 2 is 2.14 bits per heavy atom. The number of carbonyl (C=O) groups excluding carboxylic acids is 1. The van der Waals surface area contributed by atoms with E-state index in [9.17, 15) is 4.79 Å². The zero-order valence-electron chi connectivity index (χ0n) is 15.9. The third-order valence-corrected chi connectivity index (χ3v) is 6.10. The summed E-state index contributed by atoms with van der Waals surface area (Å²) in [6, 6.07) is 6.19. The first-order chi connectivity index (χ1) is 13.7. The van der Waals surface area contributed by atoms with Gasteiger partial charge < -0.3 is 19.8 Å². The number of amides is 1. The van der Waals surface area contributed by atoms with Gasteiger partial charge in [0.05, 0.1) is 29.7 Å². The second kappa shape index (κ2) is 8.86. The van der Waals surface area contributed by atoms with Crippen LogP contribution in [0.3, 0.4) is 0 Å². The van der Waals surface area contributed by atoms with Gasteiger partial charge in [0.15, 0.2) is 0 Å². The van der Waals surface area contributed by atoms with Gasteiger partial charge in [-0.1, -0.05) is 0 Å². The number of nitrogens with one attached hydrogen (secondary N) is 2. The van der Waals surface area contributed by atoms with Crippen LogP contribution in [0.5, 0.6) is 0 Å². The summed E-state index contributed by atoms with van der Waals surface area (Å²) in [6.07, 6.45) is 7.79. The first kappa shape index (κ1) is 19.1. The molecule has 1 aliphatic carbocycles. The summed E-state index contributed by atoms with van der Waals surface area (Å²) in [7, 11) is 1.68. The molecular formula is C21H25N3O3S. The molecule has 1 aliphatic rings. The zero-order chi connectivity index (χ0) is 19.3. The van der Waals surface area contributed by atoms with Gasteiger partial charge in [-0.25, -0.2) is 0 Å². The number of fused-ring (bicyclic) bond motifs is 1. The van der Waals surface area contributed by atoms with Crippen molar-refractivity contribution in [1.82, 2.24) is 15.3 Å². The SMILES string of the molecule is COCCO[C@H]1CC[C@@H](NC(=O)c2cc(-c3cncs3)cc3[nH]ccc23)CC1. The van der Waals surface area contributed by atoms with E-state index in [4.69, 9.17) is 9.47 Å². The van der Waals surface area contributed by atoms with Crippen molar-refractivity contribution in [3.05, 3.63) is 41.7 Å². The van der Waals surface area contributed by atoms with E-state index in [0.29, 0.717) is 18.8 Å². The van der Waals surface area contributed by atoms with Crippen LogP contribution in [-0.2, 0) is 9.47 Å². The molecule has 28 heavy (non-hydrogen) atoms. The minimum atomic E-state index is -0.0142. The van der Waals surface area contributed by atoms with E-state index in [1.165, 1.54) is 0 Å². The number of aromatic nitrogens is 2. The lowest BCUT2D eigenvalue weighted by Crippen LogP contribution is -2.39. The van der Waals surface area contributed by atoms with Gasteiger partial charge in [0.1, 0.15) is 0 Å². The fourth-order valence-electron chi connectivity index (χ4n) is 3.79. The van der Waals surface area contributed by atoms with Crippen LogP contribution in [0, 0.1) is 0 Å². The normalized spacial score (nSPS) is 19.8. The summed E-state index contributed by atoms with van der Waals surface area (Å²) in [5.74, 6) is -0.0142. The number of methoxy groups -OCH3 is 1. The minimum Gasteiger partial charge on any atom is -0.382 e. The number of nitrogens with zero attached hydrogens (tertiary/aromatic N) is 1. The summed E-state index contributed by atoms with van der Waals surface area (Å²) in [5.41, 5.74) is 4.49. The van der Waals surface area contributed by atoms with Crippen molar-refractivity contribution in [3.8, 4) is 10.4 Å². The Balaban J connectivity index is 1.44. The van der Waals surface area contributed by atoms with Crippen LogP contribution < -0.4 is 5.32 Å². The number of aromatic amines is 1. The number of H-pyrrole nitrogens is 1. The molecule has 0 radical (unpaired) electrons. The molecule has 1 fully saturated rings. The standard InChI is InChI=1S/C21H25N3O3S/c1-26-8-9-27-16-4-2-15(3-5-16)24-21(25)18-10-14(20-12-22-13-28-20)11-19-17(18)6-7-23-19/h6-7,10-13,15-16,23H,2-5,8-9H2,1H3,(H,24,25)/t15-,16+. The quantitative estimate of drug-likeness (QED) is 0.589. The third-order valence-electron chi connectivity index (χ3n) is 5.28. The fraction of sp³-hybridized carbons (Fsp3) is 0.429. The molecule has 1 amide bonds. The predicted octanol–water partition coefficient (Wildman–Crippen LogP) is 4.00. The molecular weight excluding hydrogens is 374 g/mol. The molecule has 3 aromatic rings. The molecule has 0 aliphatic heterocycles. The lowest BCUT2D eigenvalue weighted by molar-refractivity contribution is -0.00408. The molecule has 2 N–H and O–H groups in total. The number of hydrogen-bond donors (Lipinski definition) is 2. The molecule has 0 atom stereocenters. The molecule has 0 spiro atoms. The molecule has 2 heterocycles. The topological polar surface area (TPSA) is 76.2 Å². The number of ether oxygens (including phenoxy) is 2. The fourth-order valence-corrected chi connectivity index (χ4v) is 4.40. The van der Waals surface area contributed by atoms with E-state index in [1.54, 1.807) is 24.0 Å². The Kier molecular flexibility index (Phi) is 6.04. The van der Waals surface area contributed by atoms with E-state index in [2.05, 4.69) is 21.4 Å². The monoisotopic (exact) mass is 399 g/mol. The zero-order valence-corrected chi connectivity index (χ0v) is 16.8. The van der Waals surface area contributed by atoms with Crippen molar-refractivity contribution in [2.45, 2.75) is 37.8 Å². The van der Waals surface area contributed by atoms with Gasteiger partial charge in [-0.2, -0.15) is 0 Å². The minimum absolute atomic E-state index is 0.0142. The van der Waals surface area contributed by atoms with Crippen molar-refractivity contribution < 1.29 is 14.3 Å². The number of benzene rings is 1. The smallest absolute Gasteiger partial charge is 0.252 e. The maximum atomic E-state index is 13.1. The maximum absolute atomic E-state index is 13.1. The Morgan fingerprint density at radius 3 is 2.89 bits per heavy atom. The number of hydrogen-bond acceptors (Lipinski definition) is 5. The highest BCUT2D eigenvalue weighted by molar-refractivity contribution is 7.13. The summed E-state index contributed by atoms with van der Waals surface area (Å²) in [4.78, 5) is 21.5. The Labute approximate surface area is 168 Å². The molecule has 1 saturated carbocycles. The predicted molar refractivity (Wildman–Crippen MR) is 111 cm³/mol. The highest BCUT2D eigenvalue weighted by atomic mass is 32.1. The molecule has 0 bridgehead atoms. The highest BCUT2D eigenvalue weighted by Crippen LogP contribution is 2.30. The second-order valence-corrected chi connectivity index (χ2v) is 8.03. The van der Waals surface area contributed by atoms with Crippen molar-refractivity contribution >= 4 is 28.1 Å². The first-order valence-corrected chi connectivity index (χ1v) is 10.5. The Hall–Kier alpha value is -2.22. The summed E-state index contributed by atoms with van der Waals surface area (Å²) >= 11 is 1.57. The van der Waals surface area contributed by atoms with E-state index in [0.717, 1.165) is 47.0 Å². The van der Waals surface area contributed by atoms with Crippen molar-refractivity contribution in [3.63, 3.8) is 0 Å². The molecule has 148 valence electrons. The third kappa shape index (κ3) is 4.27. The molecule has 7 heteroatoms. The molecule has 0 unspecified atom stereocenters. The van der Waals surface area contributed by atoms with Crippen molar-refractivity contribution in [2.24, 2.45) is 0 Å². The van der Waals surface area contributed by atoms with Crippen LogP contribution in [0.15, 0.2) is 36.1 Å². The van der Waals surface area contributed by atoms with Crippen molar-refractivity contribution in [1.29, 1.82) is 0 Å². The van der Waals surface area contributed by atoms with Crippen LogP contribution >= 0.6 is 11.3 Å². The number of carbonyl (C=O) groups is 1. The lowest BCUT2D eigenvalue weighted by Gasteiger charge is -2.29. The van der Waals surface area contributed by atoms with E-state index in [-0.39, 0.29) is 18.1 Å². The number of thiazole rings is 1. The molecule has 2 aromatic heterocycles. The maximum Gasteiger partial charge on any atom is 0.252 e. The van der Waals surface area contributed by atoms with Gasteiger partial charge in [-0.05, 0) is 49.4 Å². The first-order valence-electron chi connectivity index (χ1n) is 9.66. The summed E-state index contributed by atoms with van der Waals surface area (Å²) in [5, 5.41) is 4.18. The van der Waals surface area contributed by atoms with Gasteiger partial charge in [0.2, 0.25) is 0 Å². The average Bonchev–Trinajstić information content (AvgIpc) is 3.40. The van der Waals surface area contributed by atoms with Crippen LogP contribution in [-0.4, -0.2) is 48.3 Å². The van der Waals surface area contributed by atoms with Gasteiger partial charge in [0, 0.05) is 42.0 Å². The van der Waals surface area contributed by atoms with Crippen LogP contribution in [0.2, 0.25) is 0 Å². The van der Waals surface area contributed by atoms with Gasteiger partial charge in [-0.15, -0.1) is 11.3 Å². The van der Waals surface area contributed by atoms with E-state index < -0.39 is 0 Å². The number of rotatable bonds is 7. The lowest BCUT2D eigenvalue weighted by atomic mass is 9.92. The van der Waals surface area contributed by atoms with Gasteiger partial charge in [0.25, 0.3) is 5.91 Å². The molecule has 1 aromatic carbocycles. The van der Waals surface area contributed by atoms with Crippen molar-refractivity contribution in [2.75, 3.05) is 20.3 Å². The molecule has 4 rings (SSSR count). The van der Waals surface area contributed by atoms with Crippen LogP contribution in [0.1, 0.15) is 36.0 Å². The van der Waals surface area contributed by atoms with Crippen LogP contribution in [0.4, 0.5) is 0 Å². The van der Waals surface area contributed by atoms with Crippen LogP contribution in [0.25, 0.3) is 21.3 Å².